The molecule has 2 heterocycles. The molecule has 2 aromatic heterocycles. The lowest BCUT2D eigenvalue weighted by atomic mass is 10.1. The molecule has 1 atom stereocenters. The summed E-state index contributed by atoms with van der Waals surface area (Å²) in [5.41, 5.74) is 2.82. The third-order valence-corrected chi connectivity index (χ3v) is 4.94. The molecule has 0 bridgehead atoms. The van der Waals surface area contributed by atoms with Gasteiger partial charge in [0.15, 0.2) is 5.69 Å². The quantitative estimate of drug-likeness (QED) is 0.676. The van der Waals surface area contributed by atoms with Crippen molar-refractivity contribution >= 4 is 29.1 Å². The van der Waals surface area contributed by atoms with Crippen molar-refractivity contribution in [2.24, 2.45) is 11.7 Å². The molecule has 1 fully saturated rings. The number of hydrogen-bond acceptors (Lipinski definition) is 4. The minimum atomic E-state index is -4.95. The van der Waals surface area contributed by atoms with E-state index in [0.717, 1.165) is 12.3 Å². The number of rotatable bonds is 5. The van der Waals surface area contributed by atoms with Crippen LogP contribution in [-0.4, -0.2) is 32.5 Å². The van der Waals surface area contributed by atoms with Crippen LogP contribution in [0.25, 0.3) is 0 Å². The molecule has 1 unspecified atom stereocenters. The molecule has 2 aromatic rings. The van der Waals surface area contributed by atoms with Gasteiger partial charge in [-0.25, -0.2) is 8.78 Å². The fraction of sp³-hybridized carbons (Fsp3) is 0.412. The zero-order valence-electron chi connectivity index (χ0n) is 15.1. The summed E-state index contributed by atoms with van der Waals surface area (Å²) in [7, 11) is 0. The van der Waals surface area contributed by atoms with Crippen molar-refractivity contribution in [3.05, 3.63) is 40.4 Å². The van der Waals surface area contributed by atoms with Crippen LogP contribution < -0.4 is 11.1 Å². The minimum Gasteiger partial charge on any atom is -0.364 e. The van der Waals surface area contributed by atoms with Gasteiger partial charge in [0.1, 0.15) is 16.4 Å². The highest BCUT2D eigenvalue weighted by atomic mass is 35.5. The van der Waals surface area contributed by atoms with Gasteiger partial charge in [-0.05, 0) is 24.5 Å². The molecule has 162 valence electrons. The fourth-order valence-electron chi connectivity index (χ4n) is 3.25. The largest absolute Gasteiger partial charge is 0.436 e. The average Bonchev–Trinajstić information content (AvgIpc) is 3.14. The van der Waals surface area contributed by atoms with Crippen LogP contribution in [-0.2, 0) is 12.7 Å². The Labute approximate surface area is 171 Å². The predicted molar refractivity (Wildman–Crippen MR) is 95.2 cm³/mol. The first kappa shape index (κ1) is 21.9. The van der Waals surface area contributed by atoms with E-state index in [1.165, 1.54) is 6.07 Å². The fourth-order valence-corrected chi connectivity index (χ4v) is 3.57. The highest BCUT2D eigenvalue weighted by Gasteiger charge is 2.43. The van der Waals surface area contributed by atoms with Crippen molar-refractivity contribution in [2.45, 2.75) is 37.9 Å². The van der Waals surface area contributed by atoms with E-state index in [4.69, 9.17) is 17.3 Å². The van der Waals surface area contributed by atoms with Crippen LogP contribution in [0.3, 0.4) is 0 Å². The first-order valence-electron chi connectivity index (χ1n) is 8.66. The van der Waals surface area contributed by atoms with Gasteiger partial charge < -0.3 is 11.1 Å². The molecule has 0 spiro atoms. The number of hydrogen-bond donors (Lipinski definition) is 2. The SMILES string of the molecule is NC(=O)c1cc(NC(=O)c2c(Cl)c(C(F)(F)F)nn2CC2CCC(F)(F)C2)ccn1. The Morgan fingerprint density at radius 1 is 1.37 bits per heavy atom. The van der Waals surface area contributed by atoms with Crippen LogP contribution >= 0.6 is 11.6 Å². The third kappa shape index (κ3) is 4.69. The van der Waals surface area contributed by atoms with Crippen LogP contribution in [0, 0.1) is 5.92 Å². The maximum Gasteiger partial charge on any atom is 0.436 e. The molecule has 3 rings (SSSR count). The van der Waals surface area contributed by atoms with Crippen LogP contribution in [0.1, 0.15) is 45.9 Å². The molecular formula is C17H15ClF5N5O2. The normalized spacial score (nSPS) is 18.4. The number of primary amides is 1. The van der Waals surface area contributed by atoms with E-state index in [0.29, 0.717) is 4.68 Å². The summed E-state index contributed by atoms with van der Waals surface area (Å²) in [6.07, 6.45) is -4.64. The summed E-state index contributed by atoms with van der Waals surface area (Å²) < 4.78 is 67.3. The molecule has 13 heteroatoms. The number of nitrogens with two attached hydrogens (primary N) is 1. The second-order valence-corrected chi connectivity index (χ2v) is 7.28. The second-order valence-electron chi connectivity index (χ2n) is 6.90. The molecule has 2 amide bonds. The molecule has 1 aliphatic carbocycles. The highest BCUT2D eigenvalue weighted by Crippen LogP contribution is 2.41. The van der Waals surface area contributed by atoms with Crippen LogP contribution in [0.15, 0.2) is 18.3 Å². The van der Waals surface area contributed by atoms with Gasteiger partial charge in [-0.1, -0.05) is 11.6 Å². The summed E-state index contributed by atoms with van der Waals surface area (Å²) in [6.45, 7) is -0.336. The molecule has 0 aliphatic heterocycles. The Balaban J connectivity index is 1.93. The number of carbonyl (C=O) groups is 2. The Hall–Kier alpha value is -2.76. The van der Waals surface area contributed by atoms with E-state index in [-0.39, 0.29) is 24.3 Å². The van der Waals surface area contributed by atoms with Gasteiger partial charge in [-0.2, -0.15) is 18.3 Å². The van der Waals surface area contributed by atoms with Crippen molar-refractivity contribution in [1.82, 2.24) is 14.8 Å². The zero-order valence-corrected chi connectivity index (χ0v) is 15.9. The Morgan fingerprint density at radius 2 is 2.07 bits per heavy atom. The van der Waals surface area contributed by atoms with Crippen molar-refractivity contribution in [3.8, 4) is 0 Å². The number of alkyl halides is 5. The standard InChI is InChI=1S/C17H15ClF5N5O2/c18-11-12(15(30)26-9-2-4-25-10(5-9)14(24)29)28(27-13(11)17(21,22)23)7-8-1-3-16(19,20)6-8/h2,4-5,8H,1,3,6-7H2,(H2,24,29)(H,25,26,30). The summed E-state index contributed by atoms with van der Waals surface area (Å²) in [5.74, 6) is -5.53. The molecule has 0 saturated heterocycles. The van der Waals surface area contributed by atoms with E-state index >= 15 is 0 Å². The molecular weight excluding hydrogens is 437 g/mol. The number of nitrogens with zero attached hydrogens (tertiary/aromatic N) is 3. The topological polar surface area (TPSA) is 103 Å². The van der Waals surface area contributed by atoms with E-state index < -0.39 is 59.1 Å². The smallest absolute Gasteiger partial charge is 0.364 e. The van der Waals surface area contributed by atoms with Crippen molar-refractivity contribution in [2.75, 3.05) is 5.32 Å². The van der Waals surface area contributed by atoms with Gasteiger partial charge in [0.2, 0.25) is 5.92 Å². The van der Waals surface area contributed by atoms with Crippen molar-refractivity contribution in [1.29, 1.82) is 0 Å². The lowest BCUT2D eigenvalue weighted by Gasteiger charge is -2.13. The van der Waals surface area contributed by atoms with E-state index in [2.05, 4.69) is 15.4 Å². The maximum absolute atomic E-state index is 13.5. The molecule has 0 aromatic carbocycles. The number of amides is 2. The monoisotopic (exact) mass is 451 g/mol. The second kappa shape index (κ2) is 7.82. The third-order valence-electron chi connectivity index (χ3n) is 4.59. The summed E-state index contributed by atoms with van der Waals surface area (Å²) in [4.78, 5) is 27.6. The molecule has 7 nitrogen and oxygen atoms in total. The number of carbonyl (C=O) groups excluding carboxylic acids is 2. The number of pyridine rings is 1. The molecule has 30 heavy (non-hydrogen) atoms. The Bertz CT molecular complexity index is 991. The van der Waals surface area contributed by atoms with Gasteiger partial charge in [0.05, 0.1) is 0 Å². The summed E-state index contributed by atoms with van der Waals surface area (Å²) in [5, 5.41) is 4.71. The van der Waals surface area contributed by atoms with Gasteiger partial charge in [0.25, 0.3) is 11.8 Å². The minimum absolute atomic E-state index is 0.0218. The lowest BCUT2D eigenvalue weighted by molar-refractivity contribution is -0.141. The first-order chi connectivity index (χ1) is 13.9. The predicted octanol–water partition coefficient (Wildman–Crippen LogP) is 3.74. The van der Waals surface area contributed by atoms with Crippen LogP contribution in [0.5, 0.6) is 0 Å². The highest BCUT2D eigenvalue weighted by molar-refractivity contribution is 6.34. The van der Waals surface area contributed by atoms with E-state index in [1.807, 2.05) is 0 Å². The maximum atomic E-state index is 13.5. The number of anilines is 1. The first-order valence-corrected chi connectivity index (χ1v) is 9.04. The average molecular weight is 452 g/mol. The molecule has 0 radical (unpaired) electrons. The molecule has 1 aliphatic rings. The van der Waals surface area contributed by atoms with E-state index in [1.54, 1.807) is 0 Å². The van der Waals surface area contributed by atoms with Gasteiger partial charge in [-0.3, -0.25) is 19.3 Å². The number of nitrogens with one attached hydrogen (secondary N) is 1. The molecule has 1 saturated carbocycles. The van der Waals surface area contributed by atoms with Crippen molar-refractivity contribution in [3.63, 3.8) is 0 Å². The number of aromatic nitrogens is 3. The zero-order chi connectivity index (χ0) is 22.3. The molecule has 3 N–H and O–H groups in total. The Kier molecular flexibility index (Phi) is 5.72. The van der Waals surface area contributed by atoms with Gasteiger partial charge in [0, 0.05) is 31.3 Å². The van der Waals surface area contributed by atoms with Crippen molar-refractivity contribution < 1.29 is 31.5 Å². The van der Waals surface area contributed by atoms with Crippen LogP contribution in [0.4, 0.5) is 27.6 Å². The van der Waals surface area contributed by atoms with Crippen LogP contribution in [0.2, 0.25) is 5.02 Å². The van der Waals surface area contributed by atoms with Gasteiger partial charge in [-0.15, -0.1) is 0 Å². The number of halogens is 6. The summed E-state index contributed by atoms with van der Waals surface area (Å²) in [6, 6.07) is 2.40. The van der Waals surface area contributed by atoms with Gasteiger partial charge >= 0.3 is 6.18 Å². The lowest BCUT2D eigenvalue weighted by Crippen LogP contribution is -2.22. The van der Waals surface area contributed by atoms with E-state index in [9.17, 15) is 31.5 Å². The Morgan fingerprint density at radius 3 is 2.63 bits per heavy atom. The summed E-state index contributed by atoms with van der Waals surface area (Å²) >= 11 is 5.80.